The van der Waals surface area contributed by atoms with E-state index in [0.717, 1.165) is 57.2 Å². The van der Waals surface area contributed by atoms with E-state index in [1.165, 1.54) is 5.56 Å². The van der Waals surface area contributed by atoms with Crippen molar-refractivity contribution in [1.82, 2.24) is 30.3 Å². The van der Waals surface area contributed by atoms with Crippen molar-refractivity contribution < 1.29 is 0 Å². The lowest BCUT2D eigenvalue weighted by Gasteiger charge is -2.32. The minimum Gasteiger partial charge on any atom is -0.355 e. The van der Waals surface area contributed by atoms with E-state index >= 15 is 0 Å². The van der Waals surface area contributed by atoms with Gasteiger partial charge in [0.1, 0.15) is 0 Å². The van der Waals surface area contributed by atoms with Crippen LogP contribution in [0.5, 0.6) is 0 Å². The number of aromatic nitrogens is 3. The minimum atomic E-state index is 0. The Bertz CT molecular complexity index is 693. The predicted molar refractivity (Wildman–Crippen MR) is 119 cm³/mol. The molecule has 0 unspecified atom stereocenters. The van der Waals surface area contributed by atoms with Crippen molar-refractivity contribution in [1.29, 1.82) is 0 Å². The van der Waals surface area contributed by atoms with Gasteiger partial charge in [0.15, 0.2) is 5.96 Å². The van der Waals surface area contributed by atoms with Gasteiger partial charge in [-0.15, -0.1) is 24.0 Å². The highest BCUT2D eigenvalue weighted by molar-refractivity contribution is 14.0. The Morgan fingerprint density at radius 2 is 2.11 bits per heavy atom. The molecule has 0 radical (unpaired) electrons. The maximum Gasteiger partial charge on any atom is 0.191 e. The molecule has 1 fully saturated rings. The van der Waals surface area contributed by atoms with Crippen molar-refractivity contribution in [3.63, 3.8) is 0 Å². The first kappa shape index (κ1) is 21.6. The summed E-state index contributed by atoms with van der Waals surface area (Å²) in [5, 5.41) is 11.2. The molecule has 148 valence electrons. The molecule has 2 aromatic rings. The fourth-order valence-corrected chi connectivity index (χ4v) is 3.22. The van der Waals surface area contributed by atoms with Gasteiger partial charge in [0.2, 0.25) is 0 Å². The number of rotatable bonds is 6. The van der Waals surface area contributed by atoms with E-state index in [9.17, 15) is 0 Å². The van der Waals surface area contributed by atoms with E-state index in [1.807, 2.05) is 30.2 Å². The second kappa shape index (κ2) is 11.2. The summed E-state index contributed by atoms with van der Waals surface area (Å²) in [6, 6.07) is 6.58. The number of nitrogens with zero attached hydrogens (tertiary/aromatic N) is 5. The summed E-state index contributed by atoms with van der Waals surface area (Å²) in [7, 11) is 1.82. The zero-order valence-electron chi connectivity index (χ0n) is 16.1. The summed E-state index contributed by atoms with van der Waals surface area (Å²) in [5.41, 5.74) is 2.33. The standard InChI is InChI=1S/C19H29N7.HI/c1-16-13-23-26(14-16)12-9-22-19(20-2)24-17-6-10-25(11-7-17)15-18-5-3-4-8-21-18;/h3-5,8,13-14,17H,6-7,9-12,15H2,1-2H3,(H2,20,22,24);1H. The molecule has 0 bridgehead atoms. The molecule has 1 aliphatic heterocycles. The largest absolute Gasteiger partial charge is 0.355 e. The van der Waals surface area contributed by atoms with Crippen LogP contribution in [0.3, 0.4) is 0 Å². The fourth-order valence-electron chi connectivity index (χ4n) is 3.22. The molecule has 8 heteroatoms. The molecule has 0 saturated carbocycles. The van der Waals surface area contributed by atoms with E-state index in [0.29, 0.717) is 6.04 Å². The van der Waals surface area contributed by atoms with Gasteiger partial charge in [0.05, 0.1) is 18.4 Å². The number of hydrogen-bond acceptors (Lipinski definition) is 4. The van der Waals surface area contributed by atoms with Crippen LogP contribution in [0.1, 0.15) is 24.1 Å². The van der Waals surface area contributed by atoms with Crippen LogP contribution in [0, 0.1) is 6.92 Å². The fraction of sp³-hybridized carbons (Fsp3) is 0.526. The molecule has 2 aromatic heterocycles. The quantitative estimate of drug-likeness (QED) is 0.374. The topological polar surface area (TPSA) is 70.4 Å². The van der Waals surface area contributed by atoms with Gasteiger partial charge in [-0.25, -0.2) is 0 Å². The molecule has 2 N–H and O–H groups in total. The second-order valence-electron chi connectivity index (χ2n) is 6.80. The van der Waals surface area contributed by atoms with Crippen molar-refractivity contribution in [2.75, 3.05) is 26.7 Å². The zero-order chi connectivity index (χ0) is 18.2. The average molecular weight is 483 g/mol. The lowest BCUT2D eigenvalue weighted by molar-refractivity contribution is 0.196. The maximum absolute atomic E-state index is 4.42. The highest BCUT2D eigenvalue weighted by atomic mass is 127. The Kier molecular flexibility index (Phi) is 8.99. The van der Waals surface area contributed by atoms with Crippen LogP contribution in [0.25, 0.3) is 0 Å². The number of piperidine rings is 1. The van der Waals surface area contributed by atoms with Crippen LogP contribution < -0.4 is 10.6 Å². The number of aliphatic imine (C=N–C) groups is 1. The molecule has 3 rings (SSSR count). The van der Waals surface area contributed by atoms with Gasteiger partial charge in [0, 0.05) is 51.7 Å². The molecule has 0 amide bonds. The summed E-state index contributed by atoms with van der Waals surface area (Å²) >= 11 is 0. The van der Waals surface area contributed by atoms with Crippen LogP contribution in [0.15, 0.2) is 41.8 Å². The summed E-state index contributed by atoms with van der Waals surface area (Å²) in [6.45, 7) is 6.79. The van der Waals surface area contributed by atoms with Gasteiger partial charge in [-0.3, -0.25) is 19.6 Å². The highest BCUT2D eigenvalue weighted by Gasteiger charge is 2.20. The van der Waals surface area contributed by atoms with Crippen LogP contribution >= 0.6 is 24.0 Å². The molecule has 0 atom stereocenters. The van der Waals surface area contributed by atoms with Crippen molar-refractivity contribution in [2.24, 2.45) is 4.99 Å². The SMILES string of the molecule is CN=C(NCCn1cc(C)cn1)NC1CCN(Cc2ccccn2)CC1.I. The smallest absolute Gasteiger partial charge is 0.191 e. The molecule has 3 heterocycles. The van der Waals surface area contributed by atoms with Gasteiger partial charge in [-0.05, 0) is 37.5 Å². The minimum absolute atomic E-state index is 0. The molecule has 7 nitrogen and oxygen atoms in total. The number of aryl methyl sites for hydroxylation is 1. The molecule has 27 heavy (non-hydrogen) atoms. The summed E-state index contributed by atoms with van der Waals surface area (Å²) in [4.78, 5) is 11.2. The first-order valence-electron chi connectivity index (χ1n) is 9.31. The van der Waals surface area contributed by atoms with Gasteiger partial charge in [0.25, 0.3) is 0 Å². The van der Waals surface area contributed by atoms with E-state index in [-0.39, 0.29) is 24.0 Å². The lowest BCUT2D eigenvalue weighted by Crippen LogP contribution is -2.49. The van der Waals surface area contributed by atoms with Crippen LogP contribution in [-0.2, 0) is 13.1 Å². The molecule has 0 spiro atoms. The Balaban J connectivity index is 0.00000261. The van der Waals surface area contributed by atoms with E-state index in [2.05, 4.69) is 55.9 Å². The van der Waals surface area contributed by atoms with Crippen LogP contribution in [-0.4, -0.2) is 58.3 Å². The number of pyridine rings is 1. The third-order valence-electron chi connectivity index (χ3n) is 4.66. The molecular formula is C19H30IN7. The number of likely N-dealkylation sites (tertiary alicyclic amines) is 1. The second-order valence-corrected chi connectivity index (χ2v) is 6.80. The number of guanidine groups is 1. The van der Waals surface area contributed by atoms with Crippen LogP contribution in [0.2, 0.25) is 0 Å². The summed E-state index contributed by atoms with van der Waals surface area (Å²) < 4.78 is 1.95. The first-order valence-corrected chi connectivity index (χ1v) is 9.31. The Morgan fingerprint density at radius 1 is 1.30 bits per heavy atom. The summed E-state index contributed by atoms with van der Waals surface area (Å²) in [5.74, 6) is 0.872. The van der Waals surface area contributed by atoms with Gasteiger partial charge in [-0.2, -0.15) is 5.10 Å². The van der Waals surface area contributed by atoms with Gasteiger partial charge in [-0.1, -0.05) is 6.07 Å². The third kappa shape index (κ3) is 7.10. The number of halogens is 1. The van der Waals surface area contributed by atoms with Gasteiger partial charge >= 0.3 is 0 Å². The molecule has 0 aromatic carbocycles. The van der Waals surface area contributed by atoms with E-state index in [4.69, 9.17) is 0 Å². The number of nitrogens with one attached hydrogen (secondary N) is 2. The van der Waals surface area contributed by atoms with E-state index < -0.39 is 0 Å². The molecule has 1 saturated heterocycles. The lowest BCUT2D eigenvalue weighted by atomic mass is 10.1. The maximum atomic E-state index is 4.42. The molecule has 0 aliphatic carbocycles. The van der Waals surface area contributed by atoms with Crippen molar-refractivity contribution >= 4 is 29.9 Å². The molecule has 1 aliphatic rings. The molecular weight excluding hydrogens is 453 g/mol. The highest BCUT2D eigenvalue weighted by Crippen LogP contribution is 2.12. The monoisotopic (exact) mass is 483 g/mol. The van der Waals surface area contributed by atoms with Crippen molar-refractivity contribution in [3.05, 3.63) is 48.0 Å². The Hall–Kier alpha value is -1.68. The number of hydrogen-bond donors (Lipinski definition) is 2. The van der Waals surface area contributed by atoms with E-state index in [1.54, 1.807) is 0 Å². The average Bonchev–Trinajstić information content (AvgIpc) is 3.08. The predicted octanol–water partition coefficient (Wildman–Crippen LogP) is 2.03. The third-order valence-corrected chi connectivity index (χ3v) is 4.66. The normalized spacial score (nSPS) is 16.0. The Morgan fingerprint density at radius 3 is 2.74 bits per heavy atom. The zero-order valence-corrected chi connectivity index (χ0v) is 18.5. The first-order chi connectivity index (χ1) is 12.7. The van der Waals surface area contributed by atoms with Crippen LogP contribution in [0.4, 0.5) is 0 Å². The van der Waals surface area contributed by atoms with Gasteiger partial charge < -0.3 is 10.6 Å². The van der Waals surface area contributed by atoms with Crippen molar-refractivity contribution in [2.45, 2.75) is 38.9 Å². The summed E-state index contributed by atoms with van der Waals surface area (Å²) in [6.07, 6.45) is 8.03. The van der Waals surface area contributed by atoms with Crippen molar-refractivity contribution in [3.8, 4) is 0 Å². The Labute approximate surface area is 178 Å².